The van der Waals surface area contributed by atoms with E-state index in [1.165, 1.54) is 0 Å². The fourth-order valence-electron chi connectivity index (χ4n) is 2.83. The third-order valence-electron chi connectivity index (χ3n) is 4.22. The predicted octanol–water partition coefficient (Wildman–Crippen LogP) is 4.50. The maximum atomic E-state index is 13.9. The first-order valence-corrected chi connectivity index (χ1v) is 8.53. The first kappa shape index (κ1) is 18.6. The minimum atomic E-state index is -1.72. The molecule has 0 saturated carbocycles. The Kier molecular flexibility index (Phi) is 4.94. The van der Waals surface area contributed by atoms with Gasteiger partial charge in [0.1, 0.15) is 5.69 Å². The summed E-state index contributed by atoms with van der Waals surface area (Å²) < 4.78 is 56.1. The zero-order chi connectivity index (χ0) is 20.4. The highest BCUT2D eigenvalue weighted by molar-refractivity contribution is 5.63. The molecule has 0 aliphatic carbocycles. The van der Waals surface area contributed by atoms with Crippen LogP contribution in [0.3, 0.4) is 0 Å². The van der Waals surface area contributed by atoms with Gasteiger partial charge in [0.05, 0.1) is 11.4 Å². The van der Waals surface area contributed by atoms with Crippen molar-refractivity contribution >= 4 is 5.69 Å². The number of aromatic nitrogens is 4. The molecule has 0 bridgehead atoms. The fraction of sp³-hybridized carbons (Fsp3) is 0.0500. The van der Waals surface area contributed by atoms with Crippen molar-refractivity contribution in [3.8, 4) is 16.9 Å². The summed E-state index contributed by atoms with van der Waals surface area (Å²) in [6.07, 6.45) is 4.84. The van der Waals surface area contributed by atoms with Crippen LogP contribution in [0, 0.1) is 23.5 Å². The molecular weight excluding hydrogens is 386 g/mol. The largest absolute Gasteiger partial charge is 0.376 e. The molecular formula is C20H13F4N5. The number of halogens is 4. The summed E-state index contributed by atoms with van der Waals surface area (Å²) in [5, 5.41) is 6.96. The molecule has 0 aliphatic heterocycles. The summed E-state index contributed by atoms with van der Waals surface area (Å²) in [5.41, 5.74) is 1.64. The summed E-state index contributed by atoms with van der Waals surface area (Å²) >= 11 is 0. The van der Waals surface area contributed by atoms with E-state index < -0.39 is 29.2 Å². The van der Waals surface area contributed by atoms with Crippen LogP contribution in [0.15, 0.2) is 61.1 Å². The normalized spacial score (nSPS) is 10.9. The highest BCUT2D eigenvalue weighted by Crippen LogP contribution is 2.26. The van der Waals surface area contributed by atoms with Gasteiger partial charge in [-0.15, -0.1) is 0 Å². The Labute approximate surface area is 162 Å². The molecule has 0 fully saturated rings. The van der Waals surface area contributed by atoms with Crippen LogP contribution >= 0.6 is 0 Å². The minimum absolute atomic E-state index is 0.138. The Morgan fingerprint density at radius 3 is 2.17 bits per heavy atom. The van der Waals surface area contributed by atoms with Crippen LogP contribution in [-0.4, -0.2) is 19.7 Å². The van der Waals surface area contributed by atoms with Crippen LogP contribution in [0.4, 0.5) is 23.2 Å². The molecule has 1 aromatic carbocycles. The molecule has 4 aromatic rings. The molecule has 0 spiro atoms. The van der Waals surface area contributed by atoms with E-state index in [1.807, 2.05) is 30.3 Å². The third-order valence-corrected chi connectivity index (χ3v) is 4.22. The summed E-state index contributed by atoms with van der Waals surface area (Å²) in [5.74, 6) is -6.63. The maximum absolute atomic E-state index is 13.9. The fourth-order valence-corrected chi connectivity index (χ4v) is 2.83. The standard InChI is InChI=1S/C20H13F4N5/c21-15-18(16(22)20(24)27-19(15)23)26-10-13-11-29(14-4-2-1-3-5-14)28-17(13)12-6-8-25-9-7-12/h1-9,11H,10H2,(H,26,27). The zero-order valence-electron chi connectivity index (χ0n) is 14.8. The van der Waals surface area contributed by atoms with E-state index in [-0.39, 0.29) is 6.54 Å². The number of hydrogen-bond donors (Lipinski definition) is 1. The Hall–Kier alpha value is -3.75. The summed E-state index contributed by atoms with van der Waals surface area (Å²) in [4.78, 5) is 6.51. The van der Waals surface area contributed by atoms with Gasteiger partial charge in [0.2, 0.25) is 11.6 Å². The van der Waals surface area contributed by atoms with Crippen LogP contribution in [0.2, 0.25) is 0 Å². The second-order valence-corrected chi connectivity index (χ2v) is 6.07. The van der Waals surface area contributed by atoms with Gasteiger partial charge in [-0.2, -0.15) is 27.6 Å². The van der Waals surface area contributed by atoms with E-state index in [9.17, 15) is 17.6 Å². The van der Waals surface area contributed by atoms with Gasteiger partial charge in [0.15, 0.2) is 0 Å². The average molecular weight is 399 g/mol. The van der Waals surface area contributed by atoms with Crippen LogP contribution < -0.4 is 5.32 Å². The number of nitrogens with one attached hydrogen (secondary N) is 1. The van der Waals surface area contributed by atoms with Crippen LogP contribution in [-0.2, 0) is 6.54 Å². The highest BCUT2D eigenvalue weighted by Gasteiger charge is 2.21. The Morgan fingerprint density at radius 1 is 0.862 bits per heavy atom. The third kappa shape index (κ3) is 3.66. The average Bonchev–Trinajstić information content (AvgIpc) is 3.18. The Balaban J connectivity index is 1.73. The lowest BCUT2D eigenvalue weighted by Crippen LogP contribution is -2.09. The van der Waals surface area contributed by atoms with Gasteiger partial charge in [-0.25, -0.2) is 4.68 Å². The van der Waals surface area contributed by atoms with Crippen molar-refractivity contribution < 1.29 is 17.6 Å². The first-order chi connectivity index (χ1) is 14.0. The van der Waals surface area contributed by atoms with Crippen molar-refractivity contribution in [1.82, 2.24) is 19.7 Å². The smallest absolute Gasteiger partial charge is 0.253 e. The zero-order valence-corrected chi connectivity index (χ0v) is 14.8. The Morgan fingerprint density at radius 2 is 1.52 bits per heavy atom. The van der Waals surface area contributed by atoms with Gasteiger partial charge in [-0.05, 0) is 24.3 Å². The lowest BCUT2D eigenvalue weighted by Gasteiger charge is -2.09. The summed E-state index contributed by atoms with van der Waals surface area (Å²) in [6, 6.07) is 12.7. The summed E-state index contributed by atoms with van der Waals surface area (Å²) in [7, 11) is 0. The number of anilines is 1. The van der Waals surface area contributed by atoms with E-state index in [4.69, 9.17) is 0 Å². The SMILES string of the molecule is Fc1nc(F)c(F)c(NCc2cn(-c3ccccc3)nc2-c2ccncc2)c1F. The second-order valence-electron chi connectivity index (χ2n) is 6.07. The quantitative estimate of drug-likeness (QED) is 0.397. The molecule has 3 aromatic heterocycles. The molecule has 29 heavy (non-hydrogen) atoms. The van der Waals surface area contributed by atoms with E-state index in [0.717, 1.165) is 11.3 Å². The van der Waals surface area contributed by atoms with Crippen LogP contribution in [0.1, 0.15) is 5.56 Å². The molecule has 0 amide bonds. The molecule has 5 nitrogen and oxygen atoms in total. The van der Waals surface area contributed by atoms with Crippen molar-refractivity contribution in [2.45, 2.75) is 6.54 Å². The van der Waals surface area contributed by atoms with Crippen molar-refractivity contribution in [2.75, 3.05) is 5.32 Å². The van der Waals surface area contributed by atoms with E-state index >= 15 is 0 Å². The topological polar surface area (TPSA) is 55.6 Å². The molecule has 4 rings (SSSR count). The first-order valence-electron chi connectivity index (χ1n) is 8.53. The second kappa shape index (κ2) is 7.70. The predicted molar refractivity (Wildman–Crippen MR) is 98.2 cm³/mol. The van der Waals surface area contributed by atoms with E-state index in [2.05, 4.69) is 20.4 Å². The van der Waals surface area contributed by atoms with Gasteiger partial charge in [0, 0.05) is 36.3 Å². The molecule has 9 heteroatoms. The summed E-state index contributed by atoms with van der Waals surface area (Å²) in [6.45, 7) is -0.138. The van der Waals surface area contributed by atoms with Gasteiger partial charge >= 0.3 is 0 Å². The number of rotatable bonds is 5. The van der Waals surface area contributed by atoms with E-state index in [0.29, 0.717) is 11.3 Å². The minimum Gasteiger partial charge on any atom is -0.376 e. The number of benzene rings is 1. The van der Waals surface area contributed by atoms with Crippen LogP contribution in [0.25, 0.3) is 16.9 Å². The monoisotopic (exact) mass is 399 g/mol. The van der Waals surface area contributed by atoms with Crippen molar-refractivity contribution in [1.29, 1.82) is 0 Å². The molecule has 1 N–H and O–H groups in total. The molecule has 0 aliphatic rings. The number of hydrogen-bond acceptors (Lipinski definition) is 4. The Bertz CT molecular complexity index is 1120. The molecule has 3 heterocycles. The number of nitrogens with zero attached hydrogens (tertiary/aromatic N) is 4. The van der Waals surface area contributed by atoms with Crippen molar-refractivity contribution in [3.05, 3.63) is 90.1 Å². The van der Waals surface area contributed by atoms with Gasteiger partial charge in [-0.1, -0.05) is 18.2 Å². The lowest BCUT2D eigenvalue weighted by molar-refractivity contribution is 0.410. The van der Waals surface area contributed by atoms with Gasteiger partial charge in [-0.3, -0.25) is 4.98 Å². The van der Waals surface area contributed by atoms with Crippen molar-refractivity contribution in [3.63, 3.8) is 0 Å². The lowest BCUT2D eigenvalue weighted by atomic mass is 10.1. The molecule has 0 radical (unpaired) electrons. The van der Waals surface area contributed by atoms with Gasteiger partial charge < -0.3 is 5.32 Å². The van der Waals surface area contributed by atoms with E-state index in [1.54, 1.807) is 35.4 Å². The molecule has 0 atom stereocenters. The van der Waals surface area contributed by atoms with Gasteiger partial charge in [0.25, 0.3) is 11.9 Å². The maximum Gasteiger partial charge on any atom is 0.253 e. The number of para-hydroxylation sites is 1. The molecule has 146 valence electrons. The highest BCUT2D eigenvalue weighted by atomic mass is 19.2. The number of pyridine rings is 2. The van der Waals surface area contributed by atoms with Crippen molar-refractivity contribution in [2.24, 2.45) is 0 Å². The molecule has 0 saturated heterocycles. The molecule has 0 unspecified atom stereocenters. The van der Waals surface area contributed by atoms with Crippen LogP contribution in [0.5, 0.6) is 0 Å².